The van der Waals surface area contributed by atoms with E-state index in [0.717, 1.165) is 0 Å². The summed E-state index contributed by atoms with van der Waals surface area (Å²) >= 11 is 0. The number of H-pyrrole nitrogens is 1. The first-order valence-corrected chi connectivity index (χ1v) is 10.0. The van der Waals surface area contributed by atoms with Crippen molar-refractivity contribution in [1.29, 1.82) is 0 Å². The van der Waals surface area contributed by atoms with Gasteiger partial charge in [0, 0.05) is 24.9 Å². The Hall–Kier alpha value is -2.95. The van der Waals surface area contributed by atoms with Gasteiger partial charge in [-0.15, -0.1) is 0 Å². The summed E-state index contributed by atoms with van der Waals surface area (Å²) in [5.74, 6) is -2.37. The third-order valence-corrected chi connectivity index (χ3v) is 4.96. The topological polar surface area (TPSA) is 171 Å². The van der Waals surface area contributed by atoms with Crippen LogP contribution in [0.25, 0.3) is 0 Å². The number of nitrogens with one attached hydrogen (secondary N) is 3. The van der Waals surface area contributed by atoms with Gasteiger partial charge < -0.3 is 31.4 Å². The highest BCUT2D eigenvalue weighted by molar-refractivity contribution is 5.94. The van der Waals surface area contributed by atoms with Gasteiger partial charge in [-0.1, -0.05) is 13.8 Å². The Balaban J connectivity index is 2.09. The number of carboxylic acids is 1. The van der Waals surface area contributed by atoms with Crippen molar-refractivity contribution in [1.82, 2.24) is 25.5 Å². The van der Waals surface area contributed by atoms with Crippen molar-refractivity contribution >= 4 is 23.7 Å². The number of nitrogens with zero attached hydrogens (tertiary/aromatic N) is 2. The predicted octanol–water partition coefficient (Wildman–Crippen LogP) is -0.998. The molecule has 1 saturated heterocycles. The van der Waals surface area contributed by atoms with Gasteiger partial charge in [0.05, 0.1) is 12.9 Å². The van der Waals surface area contributed by atoms with Gasteiger partial charge in [0.2, 0.25) is 17.7 Å². The second-order valence-electron chi connectivity index (χ2n) is 7.82. The molecule has 3 atom stereocenters. The van der Waals surface area contributed by atoms with E-state index in [1.165, 1.54) is 17.4 Å². The molecule has 2 rings (SSSR count). The highest BCUT2D eigenvalue weighted by Gasteiger charge is 2.38. The fourth-order valence-corrected chi connectivity index (χ4v) is 3.53. The van der Waals surface area contributed by atoms with Gasteiger partial charge in [0.1, 0.15) is 18.1 Å². The monoisotopic (exact) mass is 422 g/mol. The third kappa shape index (κ3) is 6.28. The maximum Gasteiger partial charge on any atom is 0.326 e. The lowest BCUT2D eigenvalue weighted by atomic mass is 10.0. The molecule has 1 fully saturated rings. The standard InChI is InChI=1S/C19H30N6O5/c1-11(2)6-13(23-16(26)8-20)18(28)25-5-3-4-15(25)17(27)24-14(19(29)30)7-12-9-21-10-22-12/h9-11,13-15H,3-8,20H2,1-2H3,(H,21,22)(H,23,26)(H,24,27)(H,29,30). The van der Waals surface area contributed by atoms with Gasteiger partial charge in [-0.25, -0.2) is 9.78 Å². The molecule has 1 aromatic rings. The molecule has 1 aromatic heterocycles. The number of rotatable bonds is 10. The van der Waals surface area contributed by atoms with Gasteiger partial charge in [0.25, 0.3) is 0 Å². The van der Waals surface area contributed by atoms with E-state index in [-0.39, 0.29) is 24.8 Å². The van der Waals surface area contributed by atoms with Crippen LogP contribution in [0, 0.1) is 5.92 Å². The highest BCUT2D eigenvalue weighted by atomic mass is 16.4. The van der Waals surface area contributed by atoms with Crippen molar-refractivity contribution in [3.8, 4) is 0 Å². The van der Waals surface area contributed by atoms with Gasteiger partial charge in [0.15, 0.2) is 0 Å². The van der Waals surface area contributed by atoms with Gasteiger partial charge in [-0.2, -0.15) is 0 Å². The quantitative estimate of drug-likeness (QED) is 0.322. The summed E-state index contributed by atoms with van der Waals surface area (Å²) < 4.78 is 0. The second-order valence-corrected chi connectivity index (χ2v) is 7.82. The number of aromatic nitrogens is 2. The SMILES string of the molecule is CC(C)CC(NC(=O)CN)C(=O)N1CCCC1C(=O)NC(Cc1cnc[nH]1)C(=O)O. The molecule has 3 amide bonds. The number of carboxylic acid groups (broad SMARTS) is 1. The molecule has 0 saturated carbocycles. The summed E-state index contributed by atoms with van der Waals surface area (Å²) in [5.41, 5.74) is 5.93. The van der Waals surface area contributed by atoms with Crippen LogP contribution in [-0.4, -0.2) is 74.9 Å². The van der Waals surface area contributed by atoms with Crippen LogP contribution in [0.4, 0.5) is 0 Å². The van der Waals surface area contributed by atoms with Crippen LogP contribution in [0.2, 0.25) is 0 Å². The van der Waals surface area contributed by atoms with Gasteiger partial charge >= 0.3 is 5.97 Å². The summed E-state index contributed by atoms with van der Waals surface area (Å²) in [5, 5.41) is 14.6. The number of aromatic amines is 1. The number of hydrogen-bond donors (Lipinski definition) is 5. The van der Waals surface area contributed by atoms with Crippen LogP contribution in [0.5, 0.6) is 0 Å². The zero-order valence-corrected chi connectivity index (χ0v) is 17.3. The Morgan fingerprint density at radius 3 is 2.60 bits per heavy atom. The van der Waals surface area contributed by atoms with Crippen molar-refractivity contribution in [2.75, 3.05) is 13.1 Å². The first kappa shape index (κ1) is 23.3. The summed E-state index contributed by atoms with van der Waals surface area (Å²) in [6, 6.07) is -2.72. The lowest BCUT2D eigenvalue weighted by Crippen LogP contribution is -2.56. The molecule has 166 valence electrons. The van der Waals surface area contributed by atoms with Gasteiger partial charge in [-0.3, -0.25) is 14.4 Å². The van der Waals surface area contributed by atoms with Gasteiger partial charge in [-0.05, 0) is 25.2 Å². The first-order chi connectivity index (χ1) is 14.2. The number of aliphatic carboxylic acids is 1. The molecule has 0 radical (unpaired) electrons. The van der Waals surface area contributed by atoms with E-state index in [1.807, 2.05) is 13.8 Å². The summed E-state index contributed by atoms with van der Waals surface area (Å²) in [6.45, 7) is 3.98. The Bertz CT molecular complexity index is 751. The molecular weight excluding hydrogens is 392 g/mol. The number of hydrogen-bond acceptors (Lipinski definition) is 6. The van der Waals surface area contributed by atoms with Crippen LogP contribution < -0.4 is 16.4 Å². The molecule has 6 N–H and O–H groups in total. The van der Waals surface area contributed by atoms with E-state index < -0.39 is 35.9 Å². The maximum atomic E-state index is 13.1. The average molecular weight is 422 g/mol. The Kier molecular flexibility index (Phi) is 8.34. The second kappa shape index (κ2) is 10.7. The summed E-state index contributed by atoms with van der Waals surface area (Å²) in [6.07, 6.45) is 4.41. The molecule has 11 nitrogen and oxygen atoms in total. The Morgan fingerprint density at radius 2 is 2.03 bits per heavy atom. The molecule has 11 heteroatoms. The van der Waals surface area contributed by atoms with Crippen molar-refractivity contribution in [3.63, 3.8) is 0 Å². The van der Waals surface area contributed by atoms with E-state index in [1.54, 1.807) is 0 Å². The molecule has 3 unspecified atom stereocenters. The van der Waals surface area contributed by atoms with Crippen LogP contribution >= 0.6 is 0 Å². The zero-order valence-electron chi connectivity index (χ0n) is 17.3. The molecular formula is C19H30N6O5. The Labute approximate surface area is 174 Å². The number of likely N-dealkylation sites (tertiary alicyclic amines) is 1. The van der Waals surface area contributed by atoms with E-state index in [0.29, 0.717) is 31.5 Å². The predicted molar refractivity (Wildman–Crippen MR) is 107 cm³/mol. The molecule has 0 spiro atoms. The van der Waals surface area contributed by atoms with Crippen molar-refractivity contribution in [3.05, 3.63) is 18.2 Å². The van der Waals surface area contributed by atoms with Crippen LogP contribution in [-0.2, 0) is 25.6 Å². The normalized spacial score (nSPS) is 18.1. The summed E-state index contributed by atoms with van der Waals surface area (Å²) in [7, 11) is 0. The molecule has 0 aromatic carbocycles. The van der Waals surface area contributed by atoms with Crippen LogP contribution in [0.1, 0.15) is 38.8 Å². The molecule has 1 aliphatic rings. The van der Waals surface area contributed by atoms with Crippen molar-refractivity contribution in [2.24, 2.45) is 11.7 Å². The lowest BCUT2D eigenvalue weighted by molar-refractivity contribution is -0.145. The summed E-state index contributed by atoms with van der Waals surface area (Å²) in [4.78, 5) is 57.3. The van der Waals surface area contributed by atoms with E-state index >= 15 is 0 Å². The largest absolute Gasteiger partial charge is 0.480 e. The van der Waals surface area contributed by atoms with Crippen molar-refractivity contribution < 1.29 is 24.3 Å². The average Bonchev–Trinajstić information content (AvgIpc) is 3.37. The third-order valence-electron chi connectivity index (χ3n) is 4.96. The number of carbonyl (C=O) groups excluding carboxylic acids is 3. The minimum atomic E-state index is -1.18. The molecule has 30 heavy (non-hydrogen) atoms. The lowest BCUT2D eigenvalue weighted by Gasteiger charge is -2.30. The number of carbonyl (C=O) groups is 4. The maximum absolute atomic E-state index is 13.1. The highest BCUT2D eigenvalue weighted by Crippen LogP contribution is 2.21. The molecule has 0 aliphatic carbocycles. The van der Waals surface area contributed by atoms with E-state index in [9.17, 15) is 24.3 Å². The smallest absolute Gasteiger partial charge is 0.326 e. The van der Waals surface area contributed by atoms with Crippen molar-refractivity contribution in [2.45, 2.75) is 57.7 Å². The van der Waals surface area contributed by atoms with E-state index in [4.69, 9.17) is 5.73 Å². The molecule has 1 aliphatic heterocycles. The molecule has 0 bridgehead atoms. The minimum Gasteiger partial charge on any atom is -0.480 e. The Morgan fingerprint density at radius 1 is 1.30 bits per heavy atom. The number of imidazole rings is 1. The molecule has 2 heterocycles. The fraction of sp³-hybridized carbons (Fsp3) is 0.632. The number of nitrogens with two attached hydrogens (primary N) is 1. The number of amides is 3. The van der Waals surface area contributed by atoms with E-state index in [2.05, 4.69) is 20.6 Å². The van der Waals surface area contributed by atoms with Crippen LogP contribution in [0.15, 0.2) is 12.5 Å². The first-order valence-electron chi connectivity index (χ1n) is 10.0. The fourth-order valence-electron chi connectivity index (χ4n) is 3.53. The minimum absolute atomic E-state index is 0.0459. The van der Waals surface area contributed by atoms with Crippen LogP contribution in [0.3, 0.4) is 0 Å². The zero-order chi connectivity index (χ0) is 22.3.